The number of hydrogen-bond acceptors (Lipinski definition) is 4. The van der Waals surface area contributed by atoms with Gasteiger partial charge in [-0.25, -0.2) is 0 Å². The lowest BCUT2D eigenvalue weighted by atomic mass is 10.0. The highest BCUT2D eigenvalue weighted by atomic mass is 16.5. The minimum atomic E-state index is -0.864. The monoisotopic (exact) mass is 247 g/mol. The quantitative estimate of drug-likeness (QED) is 0.878. The fourth-order valence-corrected chi connectivity index (χ4v) is 1.75. The molecule has 0 aliphatic rings. The summed E-state index contributed by atoms with van der Waals surface area (Å²) in [7, 11) is 1.59. The molecule has 2 aromatic rings. The van der Waals surface area contributed by atoms with Gasteiger partial charge < -0.3 is 14.4 Å². The molecule has 0 unspecified atom stereocenters. The lowest BCUT2D eigenvalue weighted by molar-refractivity contribution is -0.137. The number of para-hydroxylation sites is 1. The Morgan fingerprint density at radius 2 is 2.17 bits per heavy atom. The van der Waals surface area contributed by atoms with E-state index < -0.39 is 5.97 Å². The van der Waals surface area contributed by atoms with Gasteiger partial charge in [-0.15, -0.1) is 0 Å². The summed E-state index contributed by atoms with van der Waals surface area (Å²) in [4.78, 5) is 10.6. The van der Waals surface area contributed by atoms with Crippen molar-refractivity contribution < 1.29 is 19.2 Å². The second kappa shape index (κ2) is 5.35. The van der Waals surface area contributed by atoms with Crippen molar-refractivity contribution in [2.45, 2.75) is 12.8 Å². The molecule has 2 rings (SSSR count). The van der Waals surface area contributed by atoms with Gasteiger partial charge in [-0.05, 0) is 6.07 Å². The zero-order valence-electron chi connectivity index (χ0n) is 9.92. The van der Waals surface area contributed by atoms with Crippen LogP contribution >= 0.6 is 0 Å². The third-order valence-electron chi connectivity index (χ3n) is 2.61. The Morgan fingerprint density at radius 3 is 2.89 bits per heavy atom. The molecule has 0 spiro atoms. The van der Waals surface area contributed by atoms with Crippen molar-refractivity contribution in [2.24, 2.45) is 0 Å². The third kappa shape index (κ3) is 2.51. The number of carboxylic acids is 1. The van der Waals surface area contributed by atoms with Crippen LogP contribution in [0.4, 0.5) is 0 Å². The highest BCUT2D eigenvalue weighted by Gasteiger charge is 2.15. The average molecular weight is 247 g/mol. The number of methoxy groups -OCH3 is 1. The van der Waals surface area contributed by atoms with Crippen LogP contribution in [0.1, 0.15) is 12.2 Å². The first-order valence-electron chi connectivity index (χ1n) is 5.51. The Labute approximate surface area is 104 Å². The molecule has 0 atom stereocenters. The van der Waals surface area contributed by atoms with Gasteiger partial charge in [0.2, 0.25) is 0 Å². The Hall–Kier alpha value is -2.30. The van der Waals surface area contributed by atoms with Crippen molar-refractivity contribution in [1.29, 1.82) is 0 Å². The minimum Gasteiger partial charge on any atom is -0.496 e. The third-order valence-corrected chi connectivity index (χ3v) is 2.61. The second-order valence-electron chi connectivity index (χ2n) is 3.76. The summed E-state index contributed by atoms with van der Waals surface area (Å²) in [6, 6.07) is 7.47. The summed E-state index contributed by atoms with van der Waals surface area (Å²) in [5.41, 5.74) is 1.62. The smallest absolute Gasteiger partial charge is 0.303 e. The van der Waals surface area contributed by atoms with Crippen molar-refractivity contribution in [3.63, 3.8) is 0 Å². The van der Waals surface area contributed by atoms with Crippen LogP contribution < -0.4 is 4.74 Å². The molecule has 1 aromatic carbocycles. The van der Waals surface area contributed by atoms with Gasteiger partial charge in [-0.1, -0.05) is 23.4 Å². The van der Waals surface area contributed by atoms with Crippen molar-refractivity contribution >= 4 is 5.97 Å². The maximum absolute atomic E-state index is 10.6. The molecular formula is C13H13NO4. The average Bonchev–Trinajstić information content (AvgIpc) is 2.84. The number of nitrogens with zero attached hydrogens (tertiary/aromatic N) is 1. The van der Waals surface area contributed by atoms with E-state index in [0.29, 0.717) is 17.9 Å². The zero-order chi connectivity index (χ0) is 13.0. The van der Waals surface area contributed by atoms with Crippen LogP contribution in [0.3, 0.4) is 0 Å². The molecule has 0 saturated heterocycles. The zero-order valence-corrected chi connectivity index (χ0v) is 9.92. The number of hydrogen-bond donors (Lipinski definition) is 1. The first-order valence-corrected chi connectivity index (χ1v) is 5.51. The number of aromatic nitrogens is 1. The summed E-state index contributed by atoms with van der Waals surface area (Å²) >= 11 is 0. The van der Waals surface area contributed by atoms with Gasteiger partial charge >= 0.3 is 5.97 Å². The SMILES string of the molecule is COc1ccccc1-c1cnoc1CCC(=O)O. The van der Waals surface area contributed by atoms with E-state index in [2.05, 4.69) is 5.16 Å². The van der Waals surface area contributed by atoms with E-state index in [-0.39, 0.29) is 6.42 Å². The molecule has 0 saturated carbocycles. The number of ether oxygens (including phenoxy) is 1. The minimum absolute atomic E-state index is 0.0113. The predicted molar refractivity (Wildman–Crippen MR) is 64.4 cm³/mol. The molecule has 5 heteroatoms. The number of rotatable bonds is 5. The van der Waals surface area contributed by atoms with Crippen LogP contribution in [0.2, 0.25) is 0 Å². The van der Waals surface area contributed by atoms with Crippen LogP contribution in [0.5, 0.6) is 5.75 Å². The van der Waals surface area contributed by atoms with Crippen molar-refractivity contribution in [1.82, 2.24) is 5.16 Å². The van der Waals surface area contributed by atoms with Crippen molar-refractivity contribution in [3.8, 4) is 16.9 Å². The lowest BCUT2D eigenvalue weighted by Crippen LogP contribution is -1.98. The standard InChI is InChI=1S/C13H13NO4/c1-17-11-5-3-2-4-9(11)10-8-14-18-12(10)6-7-13(15)16/h2-5,8H,6-7H2,1H3,(H,15,16). The first kappa shape index (κ1) is 12.2. The number of carbonyl (C=O) groups is 1. The molecule has 0 bridgehead atoms. The molecule has 0 fully saturated rings. The normalized spacial score (nSPS) is 10.3. The van der Waals surface area contributed by atoms with E-state index >= 15 is 0 Å². The van der Waals surface area contributed by atoms with Gasteiger partial charge in [-0.3, -0.25) is 4.79 Å². The molecule has 1 N–H and O–H groups in total. The molecule has 0 radical (unpaired) electrons. The molecule has 1 aromatic heterocycles. The van der Waals surface area contributed by atoms with Crippen LogP contribution in [0.25, 0.3) is 11.1 Å². The van der Waals surface area contributed by atoms with Crippen LogP contribution in [0, 0.1) is 0 Å². The fourth-order valence-electron chi connectivity index (χ4n) is 1.75. The lowest BCUT2D eigenvalue weighted by Gasteiger charge is -2.06. The summed E-state index contributed by atoms with van der Waals surface area (Å²) in [6.45, 7) is 0. The Kier molecular flexibility index (Phi) is 3.62. The van der Waals surface area contributed by atoms with E-state index in [0.717, 1.165) is 11.1 Å². The Bertz CT molecular complexity index is 547. The van der Waals surface area contributed by atoms with E-state index in [1.165, 1.54) is 0 Å². The van der Waals surface area contributed by atoms with Gasteiger partial charge in [0.25, 0.3) is 0 Å². The summed E-state index contributed by atoms with van der Waals surface area (Å²) in [5.74, 6) is 0.400. The maximum atomic E-state index is 10.6. The van der Waals surface area contributed by atoms with Gasteiger partial charge in [0, 0.05) is 17.5 Å². The molecule has 94 valence electrons. The molecule has 0 aliphatic carbocycles. The number of aryl methyl sites for hydroxylation is 1. The van der Waals surface area contributed by atoms with E-state index in [9.17, 15) is 4.79 Å². The Morgan fingerprint density at radius 1 is 1.39 bits per heavy atom. The molecular weight excluding hydrogens is 234 g/mol. The topological polar surface area (TPSA) is 72.6 Å². The summed E-state index contributed by atoms with van der Waals surface area (Å²) in [6.07, 6.45) is 1.90. The molecule has 0 amide bonds. The predicted octanol–water partition coefficient (Wildman–Crippen LogP) is 2.37. The second-order valence-corrected chi connectivity index (χ2v) is 3.76. The fraction of sp³-hybridized carbons (Fsp3) is 0.231. The van der Waals surface area contributed by atoms with E-state index in [1.807, 2.05) is 24.3 Å². The van der Waals surface area contributed by atoms with E-state index in [4.69, 9.17) is 14.4 Å². The summed E-state index contributed by atoms with van der Waals surface area (Å²) < 4.78 is 10.4. The Balaban J connectivity index is 2.33. The van der Waals surface area contributed by atoms with Crippen LogP contribution in [-0.2, 0) is 11.2 Å². The van der Waals surface area contributed by atoms with Crippen molar-refractivity contribution in [2.75, 3.05) is 7.11 Å². The highest BCUT2D eigenvalue weighted by molar-refractivity contribution is 5.72. The van der Waals surface area contributed by atoms with Gasteiger partial charge in [0.1, 0.15) is 11.5 Å². The molecule has 0 aliphatic heterocycles. The maximum Gasteiger partial charge on any atom is 0.303 e. The van der Waals surface area contributed by atoms with Gasteiger partial charge in [-0.2, -0.15) is 0 Å². The largest absolute Gasteiger partial charge is 0.496 e. The number of benzene rings is 1. The van der Waals surface area contributed by atoms with Crippen molar-refractivity contribution in [3.05, 3.63) is 36.2 Å². The van der Waals surface area contributed by atoms with E-state index in [1.54, 1.807) is 13.3 Å². The van der Waals surface area contributed by atoms with Crippen LogP contribution in [-0.4, -0.2) is 23.3 Å². The molecule has 18 heavy (non-hydrogen) atoms. The summed E-state index contributed by atoms with van der Waals surface area (Å²) in [5, 5.41) is 12.4. The highest BCUT2D eigenvalue weighted by Crippen LogP contribution is 2.32. The number of carboxylic acid groups (broad SMARTS) is 1. The van der Waals surface area contributed by atoms with Gasteiger partial charge in [0.05, 0.1) is 19.7 Å². The van der Waals surface area contributed by atoms with Crippen LogP contribution in [0.15, 0.2) is 35.0 Å². The van der Waals surface area contributed by atoms with Gasteiger partial charge in [0.15, 0.2) is 0 Å². The molecule has 1 heterocycles. The number of aliphatic carboxylic acids is 1. The molecule has 5 nitrogen and oxygen atoms in total. The first-order chi connectivity index (χ1) is 8.72.